The Morgan fingerprint density at radius 2 is 1.71 bits per heavy atom. The van der Waals surface area contributed by atoms with Crippen LogP contribution in [0, 0.1) is 13.8 Å². The van der Waals surface area contributed by atoms with E-state index in [1.165, 1.54) is 4.31 Å². The number of benzene rings is 1. The van der Waals surface area contributed by atoms with E-state index in [2.05, 4.69) is 10.4 Å². The van der Waals surface area contributed by atoms with E-state index in [1.54, 1.807) is 54.6 Å². The number of carbonyl (C=O) groups is 2. The van der Waals surface area contributed by atoms with Crippen molar-refractivity contribution in [1.29, 1.82) is 0 Å². The molecule has 1 aliphatic rings. The van der Waals surface area contributed by atoms with Gasteiger partial charge in [-0.2, -0.15) is 9.40 Å². The van der Waals surface area contributed by atoms with Crippen LogP contribution in [0.3, 0.4) is 0 Å². The Morgan fingerprint density at radius 3 is 2.26 bits per heavy atom. The number of sulfonamides is 1. The molecular formula is C21H29N5O4S. The monoisotopic (exact) mass is 447 g/mol. The fraction of sp³-hybridized carbons (Fsp3) is 0.476. The Kier molecular flexibility index (Phi) is 6.80. The van der Waals surface area contributed by atoms with Crippen LogP contribution in [-0.4, -0.2) is 71.4 Å². The van der Waals surface area contributed by atoms with Gasteiger partial charge in [0.05, 0.1) is 11.4 Å². The number of rotatable bonds is 6. The molecule has 0 saturated carbocycles. The highest BCUT2D eigenvalue weighted by molar-refractivity contribution is 7.89. The Labute approximate surface area is 183 Å². The first kappa shape index (κ1) is 23.0. The highest BCUT2D eigenvalue weighted by Gasteiger charge is 2.35. The SMILES string of the molecule is CCn1nc(C)c(S(=O)(=O)N2CCN(C(=O)C(C)NC(=O)c3ccccc3)CC2)c1C. The zero-order valence-electron chi connectivity index (χ0n) is 18.3. The third-order valence-electron chi connectivity index (χ3n) is 5.52. The molecule has 0 spiro atoms. The van der Waals surface area contributed by atoms with Crippen molar-refractivity contribution >= 4 is 21.8 Å². The largest absolute Gasteiger partial charge is 0.341 e. The molecule has 168 valence electrons. The molecule has 0 aliphatic carbocycles. The van der Waals surface area contributed by atoms with Crippen molar-refractivity contribution in [3.63, 3.8) is 0 Å². The van der Waals surface area contributed by atoms with Crippen LogP contribution in [0.15, 0.2) is 35.2 Å². The maximum Gasteiger partial charge on any atom is 0.251 e. The van der Waals surface area contributed by atoms with Crippen molar-refractivity contribution in [2.24, 2.45) is 0 Å². The Bertz CT molecular complexity index is 1060. The average molecular weight is 448 g/mol. The number of carbonyl (C=O) groups excluding carboxylic acids is 2. The molecule has 2 heterocycles. The van der Waals surface area contributed by atoms with Crippen LogP contribution in [0.4, 0.5) is 0 Å². The number of amides is 2. The van der Waals surface area contributed by atoms with Gasteiger partial charge in [-0.1, -0.05) is 18.2 Å². The van der Waals surface area contributed by atoms with Crippen molar-refractivity contribution in [1.82, 2.24) is 24.3 Å². The molecule has 1 fully saturated rings. The molecule has 10 heteroatoms. The molecule has 1 aromatic carbocycles. The van der Waals surface area contributed by atoms with Crippen LogP contribution in [0.25, 0.3) is 0 Å². The van der Waals surface area contributed by atoms with Crippen molar-refractivity contribution in [3.05, 3.63) is 47.3 Å². The smallest absolute Gasteiger partial charge is 0.251 e. The van der Waals surface area contributed by atoms with Gasteiger partial charge in [-0.3, -0.25) is 14.3 Å². The molecule has 2 amide bonds. The Hall–Kier alpha value is -2.72. The van der Waals surface area contributed by atoms with Crippen molar-refractivity contribution < 1.29 is 18.0 Å². The summed E-state index contributed by atoms with van der Waals surface area (Å²) in [6, 6.07) is 7.99. The summed E-state index contributed by atoms with van der Waals surface area (Å²) in [6.45, 7) is 8.53. The molecule has 1 aromatic heterocycles. The fourth-order valence-corrected chi connectivity index (χ4v) is 5.64. The van der Waals surface area contributed by atoms with Crippen LogP contribution in [0.1, 0.15) is 35.6 Å². The van der Waals surface area contributed by atoms with Crippen molar-refractivity contribution in [2.45, 2.75) is 45.2 Å². The molecule has 1 atom stereocenters. The van der Waals surface area contributed by atoms with Gasteiger partial charge in [-0.05, 0) is 39.8 Å². The molecular weight excluding hydrogens is 418 g/mol. The van der Waals surface area contributed by atoms with Gasteiger partial charge >= 0.3 is 0 Å². The predicted molar refractivity (Wildman–Crippen MR) is 116 cm³/mol. The van der Waals surface area contributed by atoms with Crippen molar-refractivity contribution in [2.75, 3.05) is 26.2 Å². The maximum absolute atomic E-state index is 13.2. The molecule has 2 aromatic rings. The summed E-state index contributed by atoms with van der Waals surface area (Å²) in [4.78, 5) is 26.9. The molecule has 1 aliphatic heterocycles. The molecule has 1 unspecified atom stereocenters. The van der Waals surface area contributed by atoms with Crippen LogP contribution in [-0.2, 0) is 21.4 Å². The second-order valence-electron chi connectivity index (χ2n) is 7.61. The van der Waals surface area contributed by atoms with Crippen LogP contribution < -0.4 is 5.32 Å². The van der Waals surface area contributed by atoms with Gasteiger partial charge < -0.3 is 10.2 Å². The van der Waals surface area contributed by atoms with E-state index in [9.17, 15) is 18.0 Å². The number of nitrogens with one attached hydrogen (secondary N) is 1. The average Bonchev–Trinajstić information content (AvgIpc) is 3.07. The first-order chi connectivity index (χ1) is 14.7. The molecule has 1 N–H and O–H groups in total. The van der Waals surface area contributed by atoms with Crippen LogP contribution >= 0.6 is 0 Å². The molecule has 0 bridgehead atoms. The highest BCUT2D eigenvalue weighted by Crippen LogP contribution is 2.24. The van der Waals surface area contributed by atoms with Crippen molar-refractivity contribution in [3.8, 4) is 0 Å². The van der Waals surface area contributed by atoms with Gasteiger partial charge in [0.15, 0.2) is 0 Å². The number of hydrogen-bond acceptors (Lipinski definition) is 5. The minimum Gasteiger partial charge on any atom is -0.341 e. The predicted octanol–water partition coefficient (Wildman–Crippen LogP) is 1.17. The molecule has 3 rings (SSSR count). The zero-order chi connectivity index (χ0) is 22.8. The molecule has 1 saturated heterocycles. The fourth-order valence-electron chi connectivity index (χ4n) is 3.84. The van der Waals surface area contributed by atoms with Gasteiger partial charge in [-0.15, -0.1) is 0 Å². The van der Waals surface area contributed by atoms with Gasteiger partial charge in [0.2, 0.25) is 15.9 Å². The summed E-state index contributed by atoms with van der Waals surface area (Å²) in [6.07, 6.45) is 0. The minimum atomic E-state index is -3.69. The lowest BCUT2D eigenvalue weighted by molar-refractivity contribution is -0.134. The normalized spacial score (nSPS) is 16.2. The van der Waals surface area contributed by atoms with Crippen LogP contribution in [0.5, 0.6) is 0 Å². The van der Waals surface area contributed by atoms with Gasteiger partial charge in [0, 0.05) is 38.3 Å². The number of aryl methyl sites for hydroxylation is 2. The quantitative estimate of drug-likeness (QED) is 0.716. The number of nitrogens with zero attached hydrogens (tertiary/aromatic N) is 4. The summed E-state index contributed by atoms with van der Waals surface area (Å²) >= 11 is 0. The number of piperazine rings is 1. The third-order valence-corrected chi connectivity index (χ3v) is 7.67. The number of hydrogen-bond donors (Lipinski definition) is 1. The lowest BCUT2D eigenvalue weighted by Gasteiger charge is -2.35. The second kappa shape index (κ2) is 9.19. The molecule has 0 radical (unpaired) electrons. The molecule has 31 heavy (non-hydrogen) atoms. The zero-order valence-corrected chi connectivity index (χ0v) is 19.1. The standard InChI is InChI=1S/C21H29N5O4S/c1-5-26-17(4)19(15(2)23-26)31(29,30)25-13-11-24(12-14-25)21(28)16(3)22-20(27)18-9-7-6-8-10-18/h6-10,16H,5,11-14H2,1-4H3,(H,22,27). The third kappa shape index (κ3) is 4.64. The maximum atomic E-state index is 13.2. The highest BCUT2D eigenvalue weighted by atomic mass is 32.2. The van der Waals surface area contributed by atoms with Gasteiger partial charge in [-0.25, -0.2) is 8.42 Å². The summed E-state index contributed by atoms with van der Waals surface area (Å²) in [5.41, 5.74) is 1.59. The lowest BCUT2D eigenvalue weighted by atomic mass is 10.2. The molecule has 9 nitrogen and oxygen atoms in total. The van der Waals surface area contributed by atoms with E-state index in [0.717, 1.165) is 0 Å². The minimum absolute atomic E-state index is 0.198. The van der Waals surface area contributed by atoms with Gasteiger partial charge in [0.25, 0.3) is 5.91 Å². The van der Waals surface area contributed by atoms with E-state index >= 15 is 0 Å². The van der Waals surface area contributed by atoms with Crippen LogP contribution in [0.2, 0.25) is 0 Å². The lowest BCUT2D eigenvalue weighted by Crippen LogP contribution is -2.55. The Balaban J connectivity index is 1.63. The van der Waals surface area contributed by atoms with E-state index < -0.39 is 16.1 Å². The summed E-state index contributed by atoms with van der Waals surface area (Å²) in [5.74, 6) is -0.547. The van der Waals surface area contributed by atoms with Gasteiger partial charge in [0.1, 0.15) is 10.9 Å². The first-order valence-corrected chi connectivity index (χ1v) is 11.8. The van der Waals surface area contributed by atoms with E-state index in [-0.39, 0.29) is 42.9 Å². The summed E-state index contributed by atoms with van der Waals surface area (Å²) < 4.78 is 29.4. The summed E-state index contributed by atoms with van der Waals surface area (Å²) in [7, 11) is -3.69. The van der Waals surface area contributed by atoms with E-state index in [0.29, 0.717) is 23.5 Å². The topological polar surface area (TPSA) is 105 Å². The summed E-state index contributed by atoms with van der Waals surface area (Å²) in [5, 5.41) is 7.03. The van der Waals surface area contributed by atoms with E-state index in [4.69, 9.17) is 0 Å². The first-order valence-electron chi connectivity index (χ1n) is 10.4. The number of aromatic nitrogens is 2. The Morgan fingerprint density at radius 1 is 1.10 bits per heavy atom. The van der Waals surface area contributed by atoms with E-state index in [1.807, 2.05) is 13.0 Å². The second-order valence-corrected chi connectivity index (χ2v) is 9.48.